The minimum atomic E-state index is -0.745. The third-order valence-corrected chi connectivity index (χ3v) is 6.51. The Hall–Kier alpha value is -0.720. The van der Waals surface area contributed by atoms with Gasteiger partial charge in [-0.25, -0.2) is 4.39 Å². The van der Waals surface area contributed by atoms with Crippen molar-refractivity contribution in [3.8, 4) is 0 Å². The molecule has 1 amide bonds. The van der Waals surface area contributed by atoms with E-state index in [1.807, 2.05) is 4.90 Å². The van der Waals surface area contributed by atoms with Gasteiger partial charge in [0.1, 0.15) is 12.2 Å². The Labute approximate surface area is 143 Å². The number of rotatable bonds is 3. The smallest absolute Gasteiger partial charge is 0.242 e. The molecule has 5 nitrogen and oxygen atoms in total. The monoisotopic (exact) mass is 339 g/mol. The molecule has 3 aliphatic heterocycles. The minimum Gasteiger partial charge on any atom is -0.341 e. The van der Waals surface area contributed by atoms with Crippen LogP contribution < -0.4 is 10.8 Å². The zero-order chi connectivity index (χ0) is 16.5. The lowest BCUT2D eigenvalue weighted by Gasteiger charge is -2.45. The second-order valence-electron chi connectivity index (χ2n) is 8.15. The molecule has 0 radical (unpaired) electrons. The van der Waals surface area contributed by atoms with Gasteiger partial charge < -0.3 is 10.2 Å². The van der Waals surface area contributed by atoms with Crippen molar-refractivity contribution in [3.63, 3.8) is 0 Å². The van der Waals surface area contributed by atoms with E-state index >= 15 is 0 Å². The number of amides is 1. The van der Waals surface area contributed by atoms with Crippen LogP contribution >= 0.6 is 0 Å². The second kappa shape index (κ2) is 7.26. The standard InChI is InChI=1S/C18H30FN3O2/c19-14-6-7-15(20-9-14)17-8-16(21-24-17)18(23)22-10-13(11-22)12-4-2-1-3-5-12/h12-17,20-21H,1-11H2. The molecule has 2 N–H and O–H groups in total. The molecule has 1 aliphatic carbocycles. The fourth-order valence-electron chi connectivity index (χ4n) is 4.87. The van der Waals surface area contributed by atoms with E-state index in [4.69, 9.17) is 4.84 Å². The van der Waals surface area contributed by atoms with E-state index in [0.717, 1.165) is 25.4 Å². The molecule has 0 aromatic rings. The van der Waals surface area contributed by atoms with Crippen molar-refractivity contribution < 1.29 is 14.0 Å². The SMILES string of the molecule is O=C(C1CC(C2CCC(F)CN2)ON1)N1CC(C2CCCCC2)C1. The maximum atomic E-state index is 13.2. The van der Waals surface area contributed by atoms with Crippen molar-refractivity contribution in [1.82, 2.24) is 15.7 Å². The summed E-state index contributed by atoms with van der Waals surface area (Å²) in [6.07, 6.45) is 8.10. The number of carbonyl (C=O) groups is 1. The van der Waals surface area contributed by atoms with Crippen LogP contribution in [-0.4, -0.2) is 54.8 Å². The number of nitrogens with zero attached hydrogens (tertiary/aromatic N) is 1. The third-order valence-electron chi connectivity index (χ3n) is 6.51. The Kier molecular flexibility index (Phi) is 5.06. The fourth-order valence-corrected chi connectivity index (χ4v) is 4.87. The summed E-state index contributed by atoms with van der Waals surface area (Å²) in [7, 11) is 0. The molecule has 3 saturated heterocycles. The molecule has 1 saturated carbocycles. The second-order valence-corrected chi connectivity index (χ2v) is 8.15. The Morgan fingerprint density at radius 3 is 2.54 bits per heavy atom. The van der Waals surface area contributed by atoms with Crippen molar-refractivity contribution in [2.45, 2.75) is 75.7 Å². The first-order chi connectivity index (χ1) is 11.7. The van der Waals surface area contributed by atoms with E-state index < -0.39 is 6.17 Å². The first-order valence-corrected chi connectivity index (χ1v) is 9.78. The molecule has 4 atom stereocenters. The zero-order valence-corrected chi connectivity index (χ0v) is 14.4. The zero-order valence-electron chi connectivity index (χ0n) is 14.4. The van der Waals surface area contributed by atoms with E-state index in [1.165, 1.54) is 32.1 Å². The molecule has 0 aromatic carbocycles. The maximum absolute atomic E-state index is 13.2. The Morgan fingerprint density at radius 1 is 1.04 bits per heavy atom. The van der Waals surface area contributed by atoms with Crippen LogP contribution in [0.5, 0.6) is 0 Å². The largest absolute Gasteiger partial charge is 0.341 e. The first kappa shape index (κ1) is 16.7. The highest BCUT2D eigenvalue weighted by Gasteiger charge is 2.43. The predicted octanol–water partition coefficient (Wildman–Crippen LogP) is 1.78. The number of hydrogen-bond acceptors (Lipinski definition) is 4. The summed E-state index contributed by atoms with van der Waals surface area (Å²) >= 11 is 0. The minimum absolute atomic E-state index is 0.0260. The third kappa shape index (κ3) is 3.46. The molecule has 0 bridgehead atoms. The highest BCUT2D eigenvalue weighted by Crippen LogP contribution is 2.35. The van der Waals surface area contributed by atoms with Crippen LogP contribution in [0.3, 0.4) is 0 Å². The Balaban J connectivity index is 1.22. The summed E-state index contributed by atoms with van der Waals surface area (Å²) in [6.45, 7) is 2.26. The highest BCUT2D eigenvalue weighted by molar-refractivity contribution is 5.82. The molecule has 3 heterocycles. The molecular weight excluding hydrogens is 309 g/mol. The van der Waals surface area contributed by atoms with Crippen LogP contribution in [-0.2, 0) is 9.63 Å². The van der Waals surface area contributed by atoms with Crippen LogP contribution in [0, 0.1) is 11.8 Å². The van der Waals surface area contributed by atoms with Gasteiger partial charge in [0.25, 0.3) is 0 Å². The van der Waals surface area contributed by atoms with Gasteiger partial charge in [-0.3, -0.25) is 9.63 Å². The van der Waals surface area contributed by atoms with Gasteiger partial charge in [0.15, 0.2) is 0 Å². The van der Waals surface area contributed by atoms with E-state index in [0.29, 0.717) is 25.3 Å². The van der Waals surface area contributed by atoms with Crippen LogP contribution in [0.1, 0.15) is 51.4 Å². The fraction of sp³-hybridized carbons (Fsp3) is 0.944. The van der Waals surface area contributed by atoms with Gasteiger partial charge in [0, 0.05) is 32.1 Å². The summed E-state index contributed by atoms with van der Waals surface area (Å²) in [6, 6.07) is -0.0686. The number of piperidine rings is 1. The summed E-state index contributed by atoms with van der Waals surface area (Å²) in [4.78, 5) is 20.3. The van der Waals surface area contributed by atoms with Crippen LogP contribution in [0.25, 0.3) is 0 Å². The predicted molar refractivity (Wildman–Crippen MR) is 89.0 cm³/mol. The van der Waals surface area contributed by atoms with Gasteiger partial charge in [-0.1, -0.05) is 32.1 Å². The maximum Gasteiger partial charge on any atom is 0.242 e. The Morgan fingerprint density at radius 2 is 1.83 bits per heavy atom. The van der Waals surface area contributed by atoms with Gasteiger partial charge in [-0.2, -0.15) is 5.48 Å². The summed E-state index contributed by atoms with van der Waals surface area (Å²) in [5.41, 5.74) is 2.93. The number of hydroxylamine groups is 1. The van der Waals surface area contributed by atoms with Crippen LogP contribution in [0.4, 0.5) is 4.39 Å². The summed E-state index contributed by atoms with van der Waals surface area (Å²) < 4.78 is 13.2. The quantitative estimate of drug-likeness (QED) is 0.823. The van der Waals surface area contributed by atoms with E-state index in [9.17, 15) is 9.18 Å². The van der Waals surface area contributed by atoms with Crippen LogP contribution in [0.2, 0.25) is 0 Å². The molecule has 4 fully saturated rings. The number of nitrogens with one attached hydrogen (secondary N) is 2. The van der Waals surface area contributed by atoms with E-state index in [1.54, 1.807) is 0 Å². The molecule has 4 aliphatic rings. The highest BCUT2D eigenvalue weighted by atomic mass is 19.1. The van der Waals surface area contributed by atoms with Crippen LogP contribution in [0.15, 0.2) is 0 Å². The summed E-state index contributed by atoms with van der Waals surface area (Å²) in [5, 5.41) is 3.21. The first-order valence-electron chi connectivity index (χ1n) is 9.78. The van der Waals surface area contributed by atoms with Crippen molar-refractivity contribution in [2.75, 3.05) is 19.6 Å². The lowest BCUT2D eigenvalue weighted by atomic mass is 9.76. The van der Waals surface area contributed by atoms with E-state index in [2.05, 4.69) is 10.8 Å². The van der Waals surface area contributed by atoms with Gasteiger partial charge in [-0.15, -0.1) is 0 Å². The molecule has 136 valence electrons. The van der Waals surface area contributed by atoms with Gasteiger partial charge in [0.05, 0.1) is 6.10 Å². The lowest BCUT2D eigenvalue weighted by molar-refractivity contribution is -0.142. The number of halogens is 1. The molecule has 24 heavy (non-hydrogen) atoms. The molecule has 0 spiro atoms. The van der Waals surface area contributed by atoms with E-state index in [-0.39, 0.29) is 24.1 Å². The summed E-state index contributed by atoms with van der Waals surface area (Å²) in [5.74, 6) is 1.74. The normalized spacial score (nSPS) is 39.0. The number of hydrogen-bond donors (Lipinski definition) is 2. The topological polar surface area (TPSA) is 53.6 Å². The number of alkyl halides is 1. The van der Waals surface area contributed by atoms with Crippen molar-refractivity contribution in [3.05, 3.63) is 0 Å². The van der Waals surface area contributed by atoms with Gasteiger partial charge in [0.2, 0.25) is 5.91 Å². The van der Waals surface area contributed by atoms with Gasteiger partial charge in [-0.05, 0) is 24.7 Å². The average Bonchev–Trinajstić information content (AvgIpc) is 3.05. The van der Waals surface area contributed by atoms with Crippen molar-refractivity contribution in [1.29, 1.82) is 0 Å². The Bertz CT molecular complexity index is 444. The van der Waals surface area contributed by atoms with Crippen molar-refractivity contribution in [2.24, 2.45) is 11.8 Å². The average molecular weight is 339 g/mol. The molecule has 4 unspecified atom stereocenters. The lowest BCUT2D eigenvalue weighted by Crippen LogP contribution is -2.57. The van der Waals surface area contributed by atoms with Crippen molar-refractivity contribution >= 4 is 5.91 Å². The number of carbonyl (C=O) groups excluding carboxylic acids is 1. The molecule has 0 aromatic heterocycles. The molecule has 4 rings (SSSR count). The number of likely N-dealkylation sites (tertiary alicyclic amines) is 1. The molecule has 6 heteroatoms. The van der Waals surface area contributed by atoms with Gasteiger partial charge >= 0.3 is 0 Å². The molecular formula is C18H30FN3O2.